The van der Waals surface area contributed by atoms with E-state index in [-0.39, 0.29) is 0 Å². The van der Waals surface area contributed by atoms with Crippen molar-refractivity contribution in [1.29, 1.82) is 0 Å². The molecule has 28 heavy (non-hydrogen) atoms. The summed E-state index contributed by atoms with van der Waals surface area (Å²) in [5.74, 6) is 0.938. The van der Waals surface area contributed by atoms with E-state index < -0.39 is 0 Å². The first-order chi connectivity index (χ1) is 13.1. The maximum Gasteiger partial charge on any atom is 0.0244 e. The smallest absolute Gasteiger partial charge is 0.0244 e. The number of hydrogen-bond donors (Lipinski definition) is 0. The maximum atomic E-state index is 2.86. The Hall–Kier alpha value is -0.160. The lowest BCUT2D eigenvalue weighted by Crippen LogP contribution is -2.55. The summed E-state index contributed by atoms with van der Waals surface area (Å²) >= 11 is 0. The Morgan fingerprint density at radius 2 is 1.32 bits per heavy atom. The van der Waals surface area contributed by atoms with E-state index in [1.54, 1.807) is 0 Å². The minimum atomic E-state index is 0.343. The monoisotopic (exact) mass is 390 g/mol. The fraction of sp³-hybridized carbons (Fsp3) is 1.00. The highest BCUT2D eigenvalue weighted by atomic mass is 15.4. The third-order valence-corrected chi connectivity index (χ3v) is 8.29. The van der Waals surface area contributed by atoms with Crippen molar-refractivity contribution in [3.63, 3.8) is 0 Å². The normalized spacial score (nSPS) is 33.2. The van der Waals surface area contributed by atoms with Crippen molar-refractivity contribution in [3.8, 4) is 0 Å². The number of hydrogen-bond acceptors (Lipinski definition) is 4. The van der Waals surface area contributed by atoms with E-state index in [0.29, 0.717) is 11.1 Å². The Balaban J connectivity index is 1.19. The fourth-order valence-electron chi connectivity index (χ4n) is 6.53. The molecule has 2 unspecified atom stereocenters. The number of likely N-dealkylation sites (tertiary alicyclic amines) is 4. The van der Waals surface area contributed by atoms with Crippen LogP contribution in [0.3, 0.4) is 0 Å². The van der Waals surface area contributed by atoms with Crippen LogP contribution in [0.1, 0.15) is 73.6 Å². The van der Waals surface area contributed by atoms with Gasteiger partial charge in [0.25, 0.3) is 0 Å². The van der Waals surface area contributed by atoms with Gasteiger partial charge in [0, 0.05) is 61.9 Å². The Morgan fingerprint density at radius 3 is 1.82 bits per heavy atom. The molecule has 4 nitrogen and oxygen atoms in total. The molecule has 0 aromatic carbocycles. The highest BCUT2D eigenvalue weighted by molar-refractivity contribution is 5.03. The lowest BCUT2D eigenvalue weighted by Gasteiger charge is -2.46. The van der Waals surface area contributed by atoms with Crippen LogP contribution < -0.4 is 0 Å². The molecule has 2 atom stereocenters. The van der Waals surface area contributed by atoms with Gasteiger partial charge in [-0.15, -0.1) is 0 Å². The molecule has 4 rings (SSSR count). The van der Waals surface area contributed by atoms with E-state index >= 15 is 0 Å². The van der Waals surface area contributed by atoms with Gasteiger partial charge in [0.1, 0.15) is 0 Å². The van der Waals surface area contributed by atoms with Crippen LogP contribution in [-0.2, 0) is 0 Å². The summed E-state index contributed by atoms with van der Waals surface area (Å²) in [6.07, 6.45) is 7.02. The second-order valence-corrected chi connectivity index (χ2v) is 12.2. The molecule has 0 N–H and O–H groups in total. The summed E-state index contributed by atoms with van der Waals surface area (Å²) in [4.78, 5) is 11.1. The van der Waals surface area contributed by atoms with E-state index in [4.69, 9.17) is 0 Å². The summed E-state index contributed by atoms with van der Waals surface area (Å²) < 4.78 is 0. The number of fused-ring (bicyclic) bond motifs is 2. The van der Waals surface area contributed by atoms with Gasteiger partial charge in [-0.2, -0.15) is 0 Å². The van der Waals surface area contributed by atoms with Gasteiger partial charge in [0.05, 0.1) is 0 Å². The fourth-order valence-corrected chi connectivity index (χ4v) is 6.53. The molecule has 0 saturated carbocycles. The molecule has 2 bridgehead atoms. The molecule has 4 heterocycles. The van der Waals surface area contributed by atoms with Crippen LogP contribution in [0, 0.1) is 5.92 Å². The molecule has 0 radical (unpaired) electrons. The molecular formula is C24H46N4. The van der Waals surface area contributed by atoms with Crippen LogP contribution in [0.4, 0.5) is 0 Å². The molecule has 0 amide bonds. The predicted octanol–water partition coefficient (Wildman–Crippen LogP) is 3.52. The van der Waals surface area contributed by atoms with Crippen molar-refractivity contribution >= 4 is 0 Å². The van der Waals surface area contributed by atoms with Crippen molar-refractivity contribution in [2.24, 2.45) is 5.92 Å². The number of nitrogens with zero attached hydrogens (tertiary/aromatic N) is 4. The predicted molar refractivity (Wildman–Crippen MR) is 119 cm³/mol. The van der Waals surface area contributed by atoms with Gasteiger partial charge in [-0.05, 0) is 92.7 Å². The van der Waals surface area contributed by atoms with Crippen LogP contribution in [0.5, 0.6) is 0 Å². The van der Waals surface area contributed by atoms with E-state index in [1.165, 1.54) is 77.9 Å². The molecule has 4 fully saturated rings. The molecule has 4 saturated heterocycles. The topological polar surface area (TPSA) is 13.0 Å². The van der Waals surface area contributed by atoms with Gasteiger partial charge in [0.2, 0.25) is 0 Å². The number of rotatable bonds is 3. The van der Waals surface area contributed by atoms with Crippen LogP contribution >= 0.6 is 0 Å². The van der Waals surface area contributed by atoms with E-state index in [2.05, 4.69) is 61.1 Å². The molecule has 4 heteroatoms. The van der Waals surface area contributed by atoms with Crippen molar-refractivity contribution in [1.82, 2.24) is 19.6 Å². The first-order valence-electron chi connectivity index (χ1n) is 12.1. The number of piperazine rings is 1. The van der Waals surface area contributed by atoms with Gasteiger partial charge in [0.15, 0.2) is 0 Å². The summed E-state index contributed by atoms with van der Waals surface area (Å²) in [7, 11) is 0. The SMILES string of the molecule is CC(C)(C)N1CCC(N2CCC(CN3CC4CC3CN4C(C)(C)C)CC2)CC1. The van der Waals surface area contributed by atoms with E-state index in [1.807, 2.05) is 0 Å². The van der Waals surface area contributed by atoms with Crippen molar-refractivity contribution in [2.75, 3.05) is 45.8 Å². The standard InChI is InChI=1S/C24H46N4/c1-23(2,3)27-13-9-20(10-14-27)25-11-7-19(8-12-25)16-26-17-22-15-21(26)18-28(22)24(4,5)6/h19-22H,7-18H2,1-6H3. The quantitative estimate of drug-likeness (QED) is 0.731. The third kappa shape index (κ3) is 4.45. The Bertz CT molecular complexity index is 518. The Morgan fingerprint density at radius 1 is 0.679 bits per heavy atom. The second kappa shape index (κ2) is 7.83. The van der Waals surface area contributed by atoms with Gasteiger partial charge < -0.3 is 4.90 Å². The minimum Gasteiger partial charge on any atom is -0.300 e. The molecular weight excluding hydrogens is 344 g/mol. The highest BCUT2D eigenvalue weighted by Gasteiger charge is 2.47. The van der Waals surface area contributed by atoms with Crippen molar-refractivity contribution in [3.05, 3.63) is 0 Å². The molecule has 0 aromatic rings. The second-order valence-electron chi connectivity index (χ2n) is 12.2. The minimum absolute atomic E-state index is 0.343. The number of piperidine rings is 2. The van der Waals surface area contributed by atoms with Gasteiger partial charge in [-0.3, -0.25) is 14.7 Å². The summed E-state index contributed by atoms with van der Waals surface area (Å²) in [6.45, 7) is 23.5. The molecule has 162 valence electrons. The lowest BCUT2D eigenvalue weighted by atomic mass is 9.91. The van der Waals surface area contributed by atoms with Crippen LogP contribution in [0.25, 0.3) is 0 Å². The molecule has 4 aliphatic heterocycles. The zero-order valence-corrected chi connectivity index (χ0v) is 19.6. The average molecular weight is 391 g/mol. The summed E-state index contributed by atoms with van der Waals surface area (Å²) in [5.41, 5.74) is 0.690. The molecule has 0 aromatic heterocycles. The summed E-state index contributed by atoms with van der Waals surface area (Å²) in [6, 6.07) is 2.50. The summed E-state index contributed by atoms with van der Waals surface area (Å²) in [5, 5.41) is 0. The Labute approximate surface area is 174 Å². The zero-order valence-electron chi connectivity index (χ0n) is 19.6. The maximum absolute atomic E-state index is 2.86. The van der Waals surface area contributed by atoms with Gasteiger partial charge in [-0.25, -0.2) is 0 Å². The molecule has 4 aliphatic rings. The van der Waals surface area contributed by atoms with Crippen LogP contribution in [0.2, 0.25) is 0 Å². The molecule has 0 spiro atoms. The largest absolute Gasteiger partial charge is 0.300 e. The first kappa shape index (κ1) is 21.1. The lowest BCUT2D eigenvalue weighted by molar-refractivity contribution is 0.0261. The highest BCUT2D eigenvalue weighted by Crippen LogP contribution is 2.37. The van der Waals surface area contributed by atoms with Crippen LogP contribution in [-0.4, -0.2) is 94.6 Å². The Kier molecular flexibility index (Phi) is 5.90. The van der Waals surface area contributed by atoms with Gasteiger partial charge >= 0.3 is 0 Å². The van der Waals surface area contributed by atoms with Crippen molar-refractivity contribution in [2.45, 2.75) is 103 Å². The van der Waals surface area contributed by atoms with Crippen molar-refractivity contribution < 1.29 is 0 Å². The molecule has 0 aliphatic carbocycles. The average Bonchev–Trinajstić information content (AvgIpc) is 3.22. The van der Waals surface area contributed by atoms with E-state index in [0.717, 1.165) is 24.0 Å². The zero-order chi connectivity index (χ0) is 20.1. The third-order valence-electron chi connectivity index (χ3n) is 8.29. The first-order valence-corrected chi connectivity index (χ1v) is 12.1. The van der Waals surface area contributed by atoms with Crippen LogP contribution in [0.15, 0.2) is 0 Å². The van der Waals surface area contributed by atoms with Gasteiger partial charge in [-0.1, -0.05) is 0 Å². The van der Waals surface area contributed by atoms with E-state index in [9.17, 15) is 0 Å².